The fraction of sp³-hybridized carbons (Fsp3) is 0.500. The molecule has 0 amide bonds. The summed E-state index contributed by atoms with van der Waals surface area (Å²) in [5.41, 5.74) is -0.817. The molecule has 86 valence electrons. The van der Waals surface area contributed by atoms with Gasteiger partial charge in [-0.25, -0.2) is 8.42 Å². The first-order valence-electron chi connectivity index (χ1n) is 4.97. The zero-order valence-corrected chi connectivity index (χ0v) is 10.5. The molecule has 0 bridgehead atoms. The molecule has 1 aliphatic rings. The lowest BCUT2D eigenvalue weighted by molar-refractivity contribution is 0.171. The minimum Gasteiger partial charge on any atom is -0.206 e. The first-order valence-corrected chi connectivity index (χ1v) is 7.29. The summed E-state index contributed by atoms with van der Waals surface area (Å²) in [6.07, 6.45) is 2.17. The highest BCUT2D eigenvalue weighted by Gasteiger charge is 2.47. The summed E-state index contributed by atoms with van der Waals surface area (Å²) in [5, 5.41) is 10.8. The molecule has 0 aromatic carbocycles. The van der Waals surface area contributed by atoms with Gasteiger partial charge in [0.1, 0.15) is 9.75 Å². The van der Waals surface area contributed by atoms with Crippen LogP contribution in [0.4, 0.5) is 0 Å². The van der Waals surface area contributed by atoms with E-state index >= 15 is 0 Å². The quantitative estimate of drug-likeness (QED) is 0.828. The van der Waals surface area contributed by atoms with Gasteiger partial charge in [-0.05, 0) is 30.7 Å². The van der Waals surface area contributed by atoms with Gasteiger partial charge in [-0.3, -0.25) is 0 Å². The van der Waals surface area contributed by atoms with Crippen molar-refractivity contribution in [2.75, 3.05) is 7.05 Å². The Bertz CT molecular complexity index is 510. The lowest BCUT2D eigenvalue weighted by Gasteiger charge is -2.41. The molecule has 1 fully saturated rings. The van der Waals surface area contributed by atoms with Crippen LogP contribution in [-0.2, 0) is 10.0 Å². The Balaban J connectivity index is 2.36. The highest BCUT2D eigenvalue weighted by molar-refractivity contribution is 7.91. The maximum Gasteiger partial charge on any atom is 0.253 e. The predicted octanol–water partition coefficient (Wildman–Crippen LogP) is 1.81. The second-order valence-corrected chi connectivity index (χ2v) is 7.05. The molecule has 0 radical (unpaired) electrons. The second kappa shape index (κ2) is 3.84. The van der Waals surface area contributed by atoms with Gasteiger partial charge in [0.25, 0.3) is 10.0 Å². The minimum atomic E-state index is -3.50. The number of nitriles is 1. The molecule has 1 aromatic heterocycles. The number of hydrogen-bond acceptors (Lipinski definition) is 4. The Labute approximate surface area is 99.2 Å². The van der Waals surface area contributed by atoms with Crippen LogP contribution in [0.1, 0.15) is 19.3 Å². The Hall–Kier alpha value is -0.900. The molecular weight excluding hydrogens is 244 g/mol. The van der Waals surface area contributed by atoms with Crippen LogP contribution in [0.3, 0.4) is 0 Å². The second-order valence-electron chi connectivity index (χ2n) is 3.90. The van der Waals surface area contributed by atoms with Crippen molar-refractivity contribution in [3.8, 4) is 6.07 Å². The van der Waals surface area contributed by atoms with E-state index in [2.05, 4.69) is 6.07 Å². The van der Waals surface area contributed by atoms with Crippen LogP contribution < -0.4 is 0 Å². The SMILES string of the molecule is CN(C1(C#N)CCC1)S(=O)(=O)c1cccs1. The van der Waals surface area contributed by atoms with E-state index in [0.717, 1.165) is 6.42 Å². The van der Waals surface area contributed by atoms with E-state index in [9.17, 15) is 8.42 Å². The van der Waals surface area contributed by atoms with Crippen molar-refractivity contribution in [3.05, 3.63) is 17.5 Å². The average molecular weight is 256 g/mol. The largest absolute Gasteiger partial charge is 0.253 e. The molecule has 1 aromatic rings. The molecule has 0 atom stereocenters. The minimum absolute atomic E-state index is 0.302. The number of hydrogen-bond donors (Lipinski definition) is 0. The van der Waals surface area contributed by atoms with E-state index in [1.807, 2.05) is 0 Å². The Morgan fingerprint density at radius 2 is 2.25 bits per heavy atom. The Morgan fingerprint density at radius 1 is 1.56 bits per heavy atom. The highest BCUT2D eigenvalue weighted by atomic mass is 32.2. The summed E-state index contributed by atoms with van der Waals surface area (Å²) >= 11 is 1.18. The van der Waals surface area contributed by atoms with Gasteiger partial charge in [0, 0.05) is 7.05 Å². The topological polar surface area (TPSA) is 61.2 Å². The molecule has 0 unspecified atom stereocenters. The molecular formula is C10H12N2O2S2. The molecule has 2 rings (SSSR count). The van der Waals surface area contributed by atoms with Crippen molar-refractivity contribution in [3.63, 3.8) is 0 Å². The molecule has 1 heterocycles. The third kappa shape index (κ3) is 1.56. The first kappa shape index (κ1) is 11.6. The van der Waals surface area contributed by atoms with Crippen LogP contribution in [0.2, 0.25) is 0 Å². The average Bonchev–Trinajstić information content (AvgIpc) is 2.69. The van der Waals surface area contributed by atoms with E-state index in [1.165, 1.54) is 22.7 Å². The Morgan fingerprint density at radius 3 is 2.62 bits per heavy atom. The molecule has 1 saturated carbocycles. The van der Waals surface area contributed by atoms with Gasteiger partial charge in [-0.1, -0.05) is 6.07 Å². The maximum absolute atomic E-state index is 12.2. The monoisotopic (exact) mass is 256 g/mol. The fourth-order valence-corrected chi connectivity index (χ4v) is 4.42. The van der Waals surface area contributed by atoms with Gasteiger partial charge >= 0.3 is 0 Å². The van der Waals surface area contributed by atoms with E-state index < -0.39 is 15.6 Å². The van der Waals surface area contributed by atoms with Gasteiger partial charge in [-0.2, -0.15) is 9.57 Å². The first-order chi connectivity index (χ1) is 7.53. The van der Waals surface area contributed by atoms with Crippen LogP contribution in [0.15, 0.2) is 21.7 Å². The molecule has 4 nitrogen and oxygen atoms in total. The zero-order valence-electron chi connectivity index (χ0n) is 8.88. The zero-order chi connectivity index (χ0) is 11.8. The van der Waals surface area contributed by atoms with Gasteiger partial charge in [0.15, 0.2) is 0 Å². The molecule has 6 heteroatoms. The van der Waals surface area contributed by atoms with Crippen molar-refractivity contribution >= 4 is 21.4 Å². The number of nitrogens with zero attached hydrogens (tertiary/aromatic N) is 2. The summed E-state index contributed by atoms with van der Waals surface area (Å²) in [5.74, 6) is 0. The summed E-state index contributed by atoms with van der Waals surface area (Å²) in [6, 6.07) is 5.40. The van der Waals surface area contributed by atoms with Crippen molar-refractivity contribution < 1.29 is 8.42 Å². The molecule has 0 aliphatic heterocycles. The summed E-state index contributed by atoms with van der Waals surface area (Å²) in [6.45, 7) is 0. The van der Waals surface area contributed by atoms with Crippen LogP contribution in [-0.4, -0.2) is 25.3 Å². The summed E-state index contributed by atoms with van der Waals surface area (Å²) in [4.78, 5) is 0. The van der Waals surface area contributed by atoms with Gasteiger partial charge in [-0.15, -0.1) is 11.3 Å². The van der Waals surface area contributed by atoms with E-state index in [-0.39, 0.29) is 0 Å². The Kier molecular flexibility index (Phi) is 2.78. The maximum atomic E-state index is 12.2. The fourth-order valence-electron chi connectivity index (χ4n) is 1.78. The highest BCUT2D eigenvalue weighted by Crippen LogP contribution is 2.39. The molecule has 16 heavy (non-hydrogen) atoms. The van der Waals surface area contributed by atoms with E-state index in [1.54, 1.807) is 17.5 Å². The number of thiophene rings is 1. The van der Waals surface area contributed by atoms with E-state index in [4.69, 9.17) is 5.26 Å². The lowest BCUT2D eigenvalue weighted by Crippen LogP contribution is -2.52. The number of rotatable bonds is 3. The third-order valence-electron chi connectivity index (χ3n) is 3.10. The van der Waals surface area contributed by atoms with Crippen molar-refractivity contribution in [1.82, 2.24) is 4.31 Å². The van der Waals surface area contributed by atoms with Gasteiger partial charge in [0.05, 0.1) is 6.07 Å². The number of sulfonamides is 1. The van der Waals surface area contributed by atoms with Gasteiger partial charge < -0.3 is 0 Å². The van der Waals surface area contributed by atoms with Crippen molar-refractivity contribution in [1.29, 1.82) is 5.26 Å². The van der Waals surface area contributed by atoms with Crippen molar-refractivity contribution in [2.24, 2.45) is 0 Å². The third-order valence-corrected chi connectivity index (χ3v) is 6.40. The van der Waals surface area contributed by atoms with Crippen molar-refractivity contribution in [2.45, 2.75) is 29.0 Å². The summed E-state index contributed by atoms with van der Waals surface area (Å²) < 4.78 is 25.9. The molecule has 1 aliphatic carbocycles. The van der Waals surface area contributed by atoms with Crippen LogP contribution in [0, 0.1) is 11.3 Å². The normalized spacial score (nSPS) is 19.1. The molecule has 0 N–H and O–H groups in total. The van der Waals surface area contributed by atoms with E-state index in [0.29, 0.717) is 17.1 Å². The smallest absolute Gasteiger partial charge is 0.206 e. The van der Waals surface area contributed by atoms with Crippen LogP contribution in [0.25, 0.3) is 0 Å². The van der Waals surface area contributed by atoms with Gasteiger partial charge in [0.2, 0.25) is 0 Å². The summed E-state index contributed by atoms with van der Waals surface area (Å²) in [7, 11) is -2.00. The lowest BCUT2D eigenvalue weighted by atomic mass is 9.78. The standard InChI is InChI=1S/C10H12N2O2S2/c1-12(10(8-11)5-3-6-10)16(13,14)9-4-2-7-15-9/h2,4,7H,3,5-6H2,1H3. The molecule has 0 spiro atoms. The predicted molar refractivity (Wildman–Crippen MR) is 61.5 cm³/mol. The molecule has 0 saturated heterocycles. The van der Waals surface area contributed by atoms with Crippen LogP contribution >= 0.6 is 11.3 Å². The van der Waals surface area contributed by atoms with Crippen LogP contribution in [0.5, 0.6) is 0 Å².